The minimum Gasteiger partial charge on any atom is -0.361 e. The molecule has 0 saturated carbocycles. The lowest BCUT2D eigenvalue weighted by atomic mass is 10.2. The van der Waals surface area contributed by atoms with E-state index in [1.54, 1.807) is 11.3 Å². The Labute approximate surface area is 94.3 Å². The summed E-state index contributed by atoms with van der Waals surface area (Å²) in [5.74, 6) is 0. The van der Waals surface area contributed by atoms with Crippen LogP contribution >= 0.6 is 11.3 Å². The van der Waals surface area contributed by atoms with Crippen molar-refractivity contribution in [2.24, 2.45) is 0 Å². The van der Waals surface area contributed by atoms with Gasteiger partial charge in [0.25, 0.3) is 0 Å². The Morgan fingerprint density at radius 2 is 2.27 bits per heavy atom. The van der Waals surface area contributed by atoms with Crippen molar-refractivity contribution in [1.29, 1.82) is 0 Å². The zero-order chi connectivity index (χ0) is 10.7. The highest BCUT2D eigenvalue weighted by Gasteiger charge is 2.02. The molecule has 2 rings (SSSR count). The van der Waals surface area contributed by atoms with Crippen molar-refractivity contribution in [1.82, 2.24) is 4.98 Å². The van der Waals surface area contributed by atoms with Gasteiger partial charge >= 0.3 is 0 Å². The van der Waals surface area contributed by atoms with E-state index in [-0.39, 0.29) is 0 Å². The minimum atomic E-state index is 1.02. The molecule has 0 unspecified atom stereocenters. The number of thiazole rings is 1. The van der Waals surface area contributed by atoms with Gasteiger partial charge in [-0.25, -0.2) is 4.98 Å². The predicted molar refractivity (Wildman–Crippen MR) is 67.8 cm³/mol. The summed E-state index contributed by atoms with van der Waals surface area (Å²) in [6.45, 7) is 5.32. The molecule has 1 heterocycles. The van der Waals surface area contributed by atoms with Gasteiger partial charge in [0.05, 0.1) is 10.2 Å². The summed E-state index contributed by atoms with van der Waals surface area (Å²) in [6, 6.07) is 6.42. The molecule has 0 aliphatic rings. The van der Waals surface area contributed by atoms with Crippen LogP contribution in [0.1, 0.15) is 25.3 Å². The fraction of sp³-hybridized carbons (Fsp3) is 0.417. The highest BCUT2D eigenvalue weighted by Crippen LogP contribution is 2.26. The molecule has 15 heavy (non-hydrogen) atoms. The standard InChI is InChI=1S/C12H16N2S/c1-3-4-7-13-12-14-10-8-9(2)5-6-11(10)15-12/h5-6,8H,3-4,7H2,1-2H3,(H,13,14). The number of anilines is 1. The summed E-state index contributed by atoms with van der Waals surface area (Å²) in [5.41, 5.74) is 2.38. The molecule has 1 N–H and O–H groups in total. The van der Waals surface area contributed by atoms with Crippen molar-refractivity contribution in [2.75, 3.05) is 11.9 Å². The first kappa shape index (κ1) is 10.4. The zero-order valence-corrected chi connectivity index (χ0v) is 10.0. The van der Waals surface area contributed by atoms with E-state index in [4.69, 9.17) is 0 Å². The van der Waals surface area contributed by atoms with E-state index >= 15 is 0 Å². The Morgan fingerprint density at radius 1 is 1.40 bits per heavy atom. The number of hydrogen-bond donors (Lipinski definition) is 1. The lowest BCUT2D eigenvalue weighted by Gasteiger charge is -1.98. The summed E-state index contributed by atoms with van der Waals surface area (Å²) in [4.78, 5) is 4.55. The van der Waals surface area contributed by atoms with Gasteiger partial charge in [-0.2, -0.15) is 0 Å². The van der Waals surface area contributed by atoms with Gasteiger partial charge in [-0.15, -0.1) is 0 Å². The van der Waals surface area contributed by atoms with E-state index in [9.17, 15) is 0 Å². The molecule has 1 aromatic carbocycles. The number of nitrogens with one attached hydrogen (secondary N) is 1. The van der Waals surface area contributed by atoms with Crippen LogP contribution < -0.4 is 5.32 Å². The average Bonchev–Trinajstić information content (AvgIpc) is 2.60. The van der Waals surface area contributed by atoms with Gasteiger partial charge in [0.1, 0.15) is 0 Å². The van der Waals surface area contributed by atoms with Crippen molar-refractivity contribution < 1.29 is 0 Å². The number of aryl methyl sites for hydroxylation is 1. The molecule has 2 aromatic rings. The number of rotatable bonds is 4. The highest BCUT2D eigenvalue weighted by molar-refractivity contribution is 7.22. The predicted octanol–water partition coefficient (Wildman–Crippen LogP) is 3.82. The van der Waals surface area contributed by atoms with Gasteiger partial charge in [-0.05, 0) is 31.0 Å². The molecule has 0 amide bonds. The maximum atomic E-state index is 4.55. The van der Waals surface area contributed by atoms with Crippen LogP contribution in [0.4, 0.5) is 5.13 Å². The molecule has 0 aliphatic carbocycles. The molecule has 0 radical (unpaired) electrons. The normalized spacial score (nSPS) is 10.8. The summed E-state index contributed by atoms with van der Waals surface area (Å²) in [5, 5.41) is 4.41. The first-order chi connectivity index (χ1) is 7.29. The van der Waals surface area contributed by atoms with Gasteiger partial charge in [0.15, 0.2) is 5.13 Å². The number of hydrogen-bond acceptors (Lipinski definition) is 3. The van der Waals surface area contributed by atoms with Crippen LogP contribution in [0.2, 0.25) is 0 Å². The second kappa shape index (κ2) is 4.62. The van der Waals surface area contributed by atoms with Crippen LogP contribution in [0.5, 0.6) is 0 Å². The van der Waals surface area contributed by atoms with E-state index in [0.29, 0.717) is 0 Å². The quantitative estimate of drug-likeness (QED) is 0.792. The summed E-state index contributed by atoms with van der Waals surface area (Å²) < 4.78 is 1.26. The van der Waals surface area contributed by atoms with E-state index in [1.807, 2.05) is 0 Å². The molecule has 0 saturated heterocycles. The molecular formula is C12H16N2S. The van der Waals surface area contributed by atoms with E-state index < -0.39 is 0 Å². The summed E-state index contributed by atoms with van der Waals surface area (Å²) in [6.07, 6.45) is 2.42. The Morgan fingerprint density at radius 3 is 3.07 bits per heavy atom. The molecule has 0 spiro atoms. The van der Waals surface area contributed by atoms with Crippen LogP contribution in [-0.4, -0.2) is 11.5 Å². The molecule has 0 atom stereocenters. The van der Waals surface area contributed by atoms with Crippen molar-refractivity contribution >= 4 is 26.7 Å². The average molecular weight is 220 g/mol. The van der Waals surface area contributed by atoms with Crippen LogP contribution in [0.25, 0.3) is 10.2 Å². The minimum absolute atomic E-state index is 1.02. The fourth-order valence-electron chi connectivity index (χ4n) is 1.49. The van der Waals surface area contributed by atoms with Crippen LogP contribution in [0.3, 0.4) is 0 Å². The van der Waals surface area contributed by atoms with Gasteiger partial charge in [0.2, 0.25) is 0 Å². The molecule has 2 nitrogen and oxygen atoms in total. The second-order valence-electron chi connectivity index (χ2n) is 3.77. The smallest absolute Gasteiger partial charge is 0.183 e. The number of aromatic nitrogens is 1. The molecule has 1 aromatic heterocycles. The van der Waals surface area contributed by atoms with Gasteiger partial charge in [0, 0.05) is 6.54 Å². The number of unbranched alkanes of at least 4 members (excludes halogenated alkanes) is 1. The third-order valence-electron chi connectivity index (χ3n) is 2.35. The van der Waals surface area contributed by atoms with Gasteiger partial charge in [-0.3, -0.25) is 0 Å². The Bertz CT molecular complexity index is 448. The summed E-state index contributed by atoms with van der Waals surface area (Å²) >= 11 is 1.73. The second-order valence-corrected chi connectivity index (χ2v) is 4.80. The topological polar surface area (TPSA) is 24.9 Å². The van der Waals surface area contributed by atoms with Crippen molar-refractivity contribution in [2.45, 2.75) is 26.7 Å². The van der Waals surface area contributed by atoms with Crippen molar-refractivity contribution in [3.05, 3.63) is 23.8 Å². The molecule has 80 valence electrons. The first-order valence-corrected chi connectivity index (χ1v) is 6.22. The van der Waals surface area contributed by atoms with Gasteiger partial charge in [-0.1, -0.05) is 30.7 Å². The number of nitrogens with zero attached hydrogens (tertiary/aromatic N) is 1. The Balaban J connectivity index is 2.16. The van der Waals surface area contributed by atoms with Crippen LogP contribution in [0.15, 0.2) is 18.2 Å². The van der Waals surface area contributed by atoms with Crippen LogP contribution in [-0.2, 0) is 0 Å². The molecule has 3 heteroatoms. The van der Waals surface area contributed by atoms with E-state index in [0.717, 1.165) is 17.2 Å². The third kappa shape index (κ3) is 2.48. The highest BCUT2D eigenvalue weighted by atomic mass is 32.1. The van der Waals surface area contributed by atoms with E-state index in [2.05, 4.69) is 42.3 Å². The largest absolute Gasteiger partial charge is 0.361 e. The number of benzene rings is 1. The Kier molecular flexibility index (Phi) is 3.21. The maximum absolute atomic E-state index is 4.55. The maximum Gasteiger partial charge on any atom is 0.183 e. The Hall–Kier alpha value is -1.09. The number of fused-ring (bicyclic) bond motifs is 1. The van der Waals surface area contributed by atoms with Crippen LogP contribution in [0, 0.1) is 6.92 Å². The van der Waals surface area contributed by atoms with E-state index in [1.165, 1.54) is 23.1 Å². The zero-order valence-electron chi connectivity index (χ0n) is 9.21. The first-order valence-electron chi connectivity index (χ1n) is 5.40. The summed E-state index contributed by atoms with van der Waals surface area (Å²) in [7, 11) is 0. The monoisotopic (exact) mass is 220 g/mol. The lowest BCUT2D eigenvalue weighted by Crippen LogP contribution is -1.99. The van der Waals surface area contributed by atoms with Gasteiger partial charge < -0.3 is 5.32 Å². The molecule has 0 fully saturated rings. The van der Waals surface area contributed by atoms with Crippen molar-refractivity contribution in [3.8, 4) is 0 Å². The lowest BCUT2D eigenvalue weighted by molar-refractivity contribution is 0.834. The molecule has 0 bridgehead atoms. The molecular weight excluding hydrogens is 204 g/mol. The third-order valence-corrected chi connectivity index (χ3v) is 3.34. The SMILES string of the molecule is CCCCNc1nc2cc(C)ccc2s1. The molecule has 0 aliphatic heterocycles. The fourth-order valence-corrected chi connectivity index (χ4v) is 2.36. The van der Waals surface area contributed by atoms with Crippen molar-refractivity contribution in [3.63, 3.8) is 0 Å².